The van der Waals surface area contributed by atoms with Crippen molar-refractivity contribution in [2.75, 3.05) is 0 Å². The fourth-order valence-electron chi connectivity index (χ4n) is 1.84. The first-order valence-electron chi connectivity index (χ1n) is 6.50. The van der Waals surface area contributed by atoms with Gasteiger partial charge >= 0.3 is 23.7 Å². The summed E-state index contributed by atoms with van der Waals surface area (Å²) in [6.45, 7) is 0. The maximum atomic E-state index is 13.8. The van der Waals surface area contributed by atoms with Gasteiger partial charge in [-0.1, -0.05) is 0 Å². The van der Waals surface area contributed by atoms with Crippen molar-refractivity contribution in [1.29, 1.82) is 0 Å². The van der Waals surface area contributed by atoms with E-state index in [0.29, 0.717) is 0 Å². The number of nitrogens with zero attached hydrogens (tertiary/aromatic N) is 2. The second-order valence-corrected chi connectivity index (χ2v) is 5.02. The third-order valence-electron chi connectivity index (χ3n) is 3.28. The number of aromatic nitrogens is 2. The highest BCUT2D eigenvalue weighted by Gasteiger charge is 2.82. The van der Waals surface area contributed by atoms with Crippen LogP contribution in [0.3, 0.4) is 0 Å². The molecule has 0 aromatic carbocycles. The molecule has 0 N–H and O–H groups in total. The minimum atomic E-state index is -6.66. The predicted molar refractivity (Wildman–Crippen MR) is 66.1 cm³/mol. The molecular formula is C14H6F10N2. The lowest BCUT2D eigenvalue weighted by molar-refractivity contribution is -0.376. The van der Waals surface area contributed by atoms with Gasteiger partial charge in [0.2, 0.25) is 0 Å². The molecule has 0 radical (unpaired) electrons. The van der Waals surface area contributed by atoms with Gasteiger partial charge < -0.3 is 0 Å². The number of hydrogen-bond acceptors (Lipinski definition) is 2. The second kappa shape index (κ2) is 6.09. The molecule has 0 saturated carbocycles. The van der Waals surface area contributed by atoms with Gasteiger partial charge in [-0.05, 0) is 24.3 Å². The lowest BCUT2D eigenvalue weighted by Gasteiger charge is -2.36. The van der Waals surface area contributed by atoms with Crippen LogP contribution in [0, 0.1) is 11.6 Å². The van der Waals surface area contributed by atoms with Gasteiger partial charge in [0.15, 0.2) is 0 Å². The summed E-state index contributed by atoms with van der Waals surface area (Å²) in [5.74, 6) is -27.6. The van der Waals surface area contributed by atoms with E-state index in [1.54, 1.807) is 0 Å². The Kier molecular flexibility index (Phi) is 4.67. The smallest absolute Gasteiger partial charge is 0.252 e. The fourth-order valence-corrected chi connectivity index (χ4v) is 1.84. The molecule has 0 saturated heterocycles. The third kappa shape index (κ3) is 2.86. The molecule has 0 amide bonds. The first kappa shape index (κ1) is 19.9. The van der Waals surface area contributed by atoms with Crippen LogP contribution < -0.4 is 0 Å². The van der Waals surface area contributed by atoms with Crippen molar-refractivity contribution >= 4 is 0 Å². The van der Waals surface area contributed by atoms with E-state index >= 15 is 0 Å². The topological polar surface area (TPSA) is 25.8 Å². The van der Waals surface area contributed by atoms with Gasteiger partial charge in [0, 0.05) is 0 Å². The van der Waals surface area contributed by atoms with Crippen molar-refractivity contribution < 1.29 is 43.9 Å². The van der Waals surface area contributed by atoms with E-state index in [9.17, 15) is 43.9 Å². The summed E-state index contributed by atoms with van der Waals surface area (Å²) in [5.41, 5.74) is -4.10. The van der Waals surface area contributed by atoms with Gasteiger partial charge in [0.25, 0.3) is 0 Å². The summed E-state index contributed by atoms with van der Waals surface area (Å²) < 4.78 is 136. The zero-order valence-electron chi connectivity index (χ0n) is 12.1. The van der Waals surface area contributed by atoms with Gasteiger partial charge in [-0.2, -0.15) is 35.1 Å². The quantitative estimate of drug-likeness (QED) is 0.676. The van der Waals surface area contributed by atoms with Crippen molar-refractivity contribution in [2.45, 2.75) is 23.7 Å². The molecule has 2 aromatic heterocycles. The number of pyridine rings is 2. The zero-order chi connectivity index (χ0) is 20.0. The molecule has 2 rings (SSSR count). The maximum absolute atomic E-state index is 13.8. The summed E-state index contributed by atoms with van der Waals surface area (Å²) in [4.78, 5) is 5.10. The largest absolute Gasteiger partial charge is 0.384 e. The average Bonchev–Trinajstić information content (AvgIpc) is 2.55. The minimum absolute atomic E-state index is 0.0249. The van der Waals surface area contributed by atoms with Gasteiger partial charge in [-0.25, -0.2) is 8.78 Å². The van der Waals surface area contributed by atoms with Crippen LogP contribution >= 0.6 is 0 Å². The van der Waals surface area contributed by atoms with Gasteiger partial charge in [-0.15, -0.1) is 0 Å². The van der Waals surface area contributed by atoms with Gasteiger partial charge in [-0.3, -0.25) is 9.97 Å². The molecule has 2 heterocycles. The molecule has 0 unspecified atom stereocenters. The summed E-state index contributed by atoms with van der Waals surface area (Å²) in [7, 11) is 0. The fraction of sp³-hybridized carbons (Fsp3) is 0.286. The van der Waals surface area contributed by atoms with E-state index in [1.165, 1.54) is 0 Å². The first-order chi connectivity index (χ1) is 11.7. The highest BCUT2D eigenvalue weighted by molar-refractivity contribution is 5.22. The highest BCUT2D eigenvalue weighted by atomic mass is 19.4. The molecule has 0 spiro atoms. The molecule has 26 heavy (non-hydrogen) atoms. The summed E-state index contributed by atoms with van der Waals surface area (Å²) >= 11 is 0. The van der Waals surface area contributed by atoms with Crippen LogP contribution in [0.4, 0.5) is 43.9 Å². The maximum Gasteiger partial charge on any atom is 0.384 e. The number of rotatable bonds is 5. The molecule has 12 heteroatoms. The van der Waals surface area contributed by atoms with E-state index in [-0.39, 0.29) is 36.7 Å². The Morgan fingerprint density at radius 3 is 1.08 bits per heavy atom. The van der Waals surface area contributed by atoms with Crippen LogP contribution in [0.2, 0.25) is 0 Å². The Hall–Kier alpha value is -2.40. The molecule has 0 fully saturated rings. The minimum Gasteiger partial charge on any atom is -0.252 e. The van der Waals surface area contributed by atoms with E-state index in [2.05, 4.69) is 9.97 Å². The number of halogens is 10. The first-order valence-corrected chi connectivity index (χ1v) is 6.50. The number of hydrogen-bond donors (Lipinski definition) is 0. The van der Waals surface area contributed by atoms with Crippen molar-refractivity contribution in [1.82, 2.24) is 9.97 Å². The van der Waals surface area contributed by atoms with Gasteiger partial charge in [0.05, 0.1) is 12.4 Å². The second-order valence-electron chi connectivity index (χ2n) is 5.02. The Morgan fingerprint density at radius 1 is 0.538 bits per heavy atom. The Morgan fingerprint density at radius 2 is 0.846 bits per heavy atom. The predicted octanol–water partition coefficient (Wildman–Crippen LogP) is 4.91. The van der Waals surface area contributed by atoms with E-state index in [0.717, 1.165) is 0 Å². The van der Waals surface area contributed by atoms with Crippen molar-refractivity contribution in [3.63, 3.8) is 0 Å². The van der Waals surface area contributed by atoms with Crippen molar-refractivity contribution in [3.05, 3.63) is 59.7 Å². The average molecular weight is 392 g/mol. The summed E-state index contributed by atoms with van der Waals surface area (Å²) in [6, 6.07) is 0.329. The number of alkyl halides is 8. The normalized spacial score (nSPS) is 13.8. The molecule has 0 aliphatic carbocycles. The van der Waals surface area contributed by atoms with E-state index < -0.39 is 46.7 Å². The van der Waals surface area contributed by atoms with Crippen molar-refractivity contribution in [3.8, 4) is 0 Å². The molecule has 2 nitrogen and oxygen atoms in total. The van der Waals surface area contributed by atoms with Crippen LogP contribution in [0.15, 0.2) is 36.7 Å². The Bertz CT molecular complexity index is 704. The lowest BCUT2D eigenvalue weighted by atomic mass is 9.94. The molecule has 142 valence electrons. The van der Waals surface area contributed by atoms with Gasteiger partial charge in [0.1, 0.15) is 23.0 Å². The van der Waals surface area contributed by atoms with Crippen LogP contribution in [0.25, 0.3) is 0 Å². The Labute approximate surface area is 138 Å². The summed E-state index contributed by atoms with van der Waals surface area (Å²) in [6.07, 6.45) is 0.0499. The summed E-state index contributed by atoms with van der Waals surface area (Å²) in [5, 5.41) is 0. The van der Waals surface area contributed by atoms with Crippen LogP contribution in [-0.4, -0.2) is 21.8 Å². The third-order valence-corrected chi connectivity index (χ3v) is 3.28. The SMILES string of the molecule is Fc1ccc(C(F)(F)C(F)(F)C(F)(F)C(F)(F)c2ccc(F)cn2)nc1. The molecule has 0 aliphatic rings. The van der Waals surface area contributed by atoms with Crippen molar-refractivity contribution in [2.24, 2.45) is 0 Å². The highest BCUT2D eigenvalue weighted by Crippen LogP contribution is 2.58. The van der Waals surface area contributed by atoms with E-state index in [4.69, 9.17) is 0 Å². The zero-order valence-corrected chi connectivity index (χ0v) is 12.1. The lowest BCUT2D eigenvalue weighted by Crippen LogP contribution is -2.60. The standard InChI is InChI=1S/C14H6F10N2/c15-7-1-3-9(25-5-7)11(17,18)13(21,22)14(23,24)12(19,20)10-4-2-8(16)6-26-10/h1-6H. The molecular weight excluding hydrogens is 386 g/mol. The van der Waals surface area contributed by atoms with Crippen LogP contribution in [0.1, 0.15) is 11.4 Å². The molecule has 0 bridgehead atoms. The molecule has 0 atom stereocenters. The molecule has 2 aromatic rings. The monoisotopic (exact) mass is 392 g/mol. The van der Waals surface area contributed by atoms with Crippen LogP contribution in [0.5, 0.6) is 0 Å². The molecule has 0 aliphatic heterocycles. The Balaban J connectivity index is 2.53. The van der Waals surface area contributed by atoms with E-state index in [1.807, 2.05) is 0 Å². The van der Waals surface area contributed by atoms with Crippen LogP contribution in [-0.2, 0) is 11.8 Å².